The number of thioether (sulfide) groups is 1. The second-order valence-electron chi connectivity index (χ2n) is 0.899. The van der Waals surface area contributed by atoms with Gasteiger partial charge in [0.15, 0.2) is 0 Å². The molecule has 0 aromatic carbocycles. The van der Waals surface area contributed by atoms with Crippen LogP contribution in [0.3, 0.4) is 0 Å². The number of hydrogen-bond acceptors (Lipinski definition) is 2. The summed E-state index contributed by atoms with van der Waals surface area (Å²) in [5.74, 6) is 0.801. The molecule has 0 aliphatic carbocycles. The molecular weight excluding hydrogens is 112 g/mol. The Morgan fingerprint density at radius 1 is 2.00 bits per heavy atom. The van der Waals surface area contributed by atoms with Crippen molar-refractivity contribution in [1.82, 2.24) is 0 Å². The smallest absolute Gasteiger partial charge is 0.0248 e. The van der Waals surface area contributed by atoms with Crippen molar-refractivity contribution < 1.29 is 0 Å². The Morgan fingerprint density at radius 2 is 2.50 bits per heavy atom. The molecule has 0 rings (SSSR count). The molecule has 34 valence electrons. The molecule has 0 amide bonds. The quantitative estimate of drug-likeness (QED) is 0.503. The van der Waals surface area contributed by atoms with Gasteiger partial charge >= 0.3 is 0 Å². The first-order chi connectivity index (χ1) is 2.77. The highest BCUT2D eigenvalue weighted by atomic mass is 32.2. The SMILES string of the molecule is [CH]C(=S)CSC. The second kappa shape index (κ2) is 3.62. The van der Waals surface area contributed by atoms with Gasteiger partial charge in [-0.2, -0.15) is 11.8 Å². The molecule has 2 radical (unpaired) electrons. The van der Waals surface area contributed by atoms with Crippen LogP contribution in [-0.4, -0.2) is 16.9 Å². The molecule has 0 nitrogen and oxygen atoms in total. The minimum atomic E-state index is 0.586. The molecular formula is C4H6S2. The van der Waals surface area contributed by atoms with Gasteiger partial charge in [-0.05, 0) is 6.26 Å². The predicted octanol–water partition coefficient (Wildman–Crippen LogP) is 1.43. The van der Waals surface area contributed by atoms with E-state index >= 15 is 0 Å². The minimum Gasteiger partial charge on any atom is -0.160 e. The lowest BCUT2D eigenvalue weighted by Gasteiger charge is -1.84. The lowest BCUT2D eigenvalue weighted by Crippen LogP contribution is -1.87. The topological polar surface area (TPSA) is 0 Å². The summed E-state index contributed by atoms with van der Waals surface area (Å²) in [7, 11) is 0. The summed E-state index contributed by atoms with van der Waals surface area (Å²) < 4.78 is 0. The fourth-order valence-corrected chi connectivity index (χ4v) is 0.780. The largest absolute Gasteiger partial charge is 0.160 e. The monoisotopic (exact) mass is 118 g/mol. The minimum absolute atomic E-state index is 0.586. The molecule has 0 fully saturated rings. The van der Waals surface area contributed by atoms with Crippen molar-refractivity contribution in [2.45, 2.75) is 0 Å². The van der Waals surface area contributed by atoms with Crippen LogP contribution in [0.4, 0.5) is 0 Å². The molecule has 0 saturated heterocycles. The van der Waals surface area contributed by atoms with Gasteiger partial charge in [0, 0.05) is 17.5 Å². The number of hydrogen-bond donors (Lipinski definition) is 0. The summed E-state index contributed by atoms with van der Waals surface area (Å²) in [4.78, 5) is 0.586. The summed E-state index contributed by atoms with van der Waals surface area (Å²) in [5, 5.41) is 0. The third kappa shape index (κ3) is 4.44. The first-order valence-corrected chi connectivity index (χ1v) is 3.35. The highest BCUT2D eigenvalue weighted by Crippen LogP contribution is 1.90. The van der Waals surface area contributed by atoms with Gasteiger partial charge in [0.25, 0.3) is 0 Å². The average Bonchev–Trinajstić information content (AvgIpc) is 1.35. The van der Waals surface area contributed by atoms with Crippen LogP contribution in [0.25, 0.3) is 0 Å². The van der Waals surface area contributed by atoms with Crippen molar-refractivity contribution in [2.24, 2.45) is 0 Å². The van der Waals surface area contributed by atoms with Crippen LogP contribution in [0, 0.1) is 6.92 Å². The second-order valence-corrected chi connectivity index (χ2v) is 2.29. The maximum atomic E-state index is 5.11. The highest BCUT2D eigenvalue weighted by molar-refractivity contribution is 8.00. The molecule has 0 N–H and O–H groups in total. The third-order valence-corrected chi connectivity index (χ3v) is 1.21. The molecule has 0 aliphatic heterocycles. The zero-order chi connectivity index (χ0) is 4.99. The Balaban J connectivity index is 2.83. The molecule has 0 bridgehead atoms. The Morgan fingerprint density at radius 3 is 2.50 bits per heavy atom. The first kappa shape index (κ1) is 6.44. The normalized spacial score (nSPS) is 8.33. The maximum Gasteiger partial charge on any atom is 0.0248 e. The van der Waals surface area contributed by atoms with Crippen molar-refractivity contribution in [2.75, 3.05) is 12.0 Å². The first-order valence-electron chi connectivity index (χ1n) is 1.54. The maximum absolute atomic E-state index is 5.11. The van der Waals surface area contributed by atoms with Crippen molar-refractivity contribution in [3.8, 4) is 0 Å². The zero-order valence-electron chi connectivity index (χ0n) is 3.60. The number of thiocarbonyl (C=S) groups is 1. The Kier molecular flexibility index (Phi) is 3.89. The molecule has 0 aliphatic rings. The standard InChI is InChI=1S/C4H6S2/c1-4(5)3-6-2/h1H,3H2,2H3. The van der Waals surface area contributed by atoms with Crippen molar-refractivity contribution in [3.63, 3.8) is 0 Å². The van der Waals surface area contributed by atoms with Gasteiger partial charge in [0.05, 0.1) is 0 Å². The Bertz CT molecular complexity index is 49.5. The van der Waals surface area contributed by atoms with E-state index in [0.717, 1.165) is 5.75 Å². The van der Waals surface area contributed by atoms with E-state index in [1.54, 1.807) is 11.8 Å². The molecule has 2 heteroatoms. The molecule has 0 aromatic heterocycles. The molecule has 0 spiro atoms. The molecule has 0 atom stereocenters. The molecule has 6 heavy (non-hydrogen) atoms. The van der Waals surface area contributed by atoms with E-state index in [4.69, 9.17) is 6.92 Å². The van der Waals surface area contributed by atoms with Crippen molar-refractivity contribution >= 4 is 28.8 Å². The molecule has 0 unspecified atom stereocenters. The lowest BCUT2D eigenvalue weighted by molar-refractivity contribution is 2.03. The van der Waals surface area contributed by atoms with E-state index < -0.39 is 0 Å². The van der Waals surface area contributed by atoms with E-state index in [1.807, 2.05) is 6.26 Å². The summed E-state index contributed by atoms with van der Waals surface area (Å²) >= 11 is 6.20. The lowest BCUT2D eigenvalue weighted by atomic mass is 10.6. The van der Waals surface area contributed by atoms with Gasteiger partial charge in [0.1, 0.15) is 0 Å². The van der Waals surface area contributed by atoms with Gasteiger partial charge in [-0.15, -0.1) is 0 Å². The van der Waals surface area contributed by atoms with Gasteiger partial charge in [-0.3, -0.25) is 0 Å². The summed E-state index contributed by atoms with van der Waals surface area (Å²) in [6, 6.07) is 0. The average molecular weight is 118 g/mol. The van der Waals surface area contributed by atoms with E-state index in [1.165, 1.54) is 0 Å². The Hall–Kier alpha value is 0.440. The van der Waals surface area contributed by atoms with Gasteiger partial charge in [0.2, 0.25) is 0 Å². The van der Waals surface area contributed by atoms with Crippen LogP contribution >= 0.6 is 24.0 Å². The molecule has 0 aromatic rings. The van der Waals surface area contributed by atoms with Gasteiger partial charge in [-0.1, -0.05) is 12.2 Å². The van der Waals surface area contributed by atoms with E-state index in [9.17, 15) is 0 Å². The fraction of sp³-hybridized carbons (Fsp3) is 0.500. The van der Waals surface area contributed by atoms with Crippen LogP contribution < -0.4 is 0 Å². The van der Waals surface area contributed by atoms with Gasteiger partial charge < -0.3 is 0 Å². The molecule has 0 heterocycles. The van der Waals surface area contributed by atoms with Crippen LogP contribution in [0.1, 0.15) is 0 Å². The van der Waals surface area contributed by atoms with E-state index in [0.29, 0.717) is 4.86 Å². The third-order valence-electron chi connectivity index (χ3n) is 0.287. The van der Waals surface area contributed by atoms with Crippen LogP contribution in [-0.2, 0) is 0 Å². The predicted molar refractivity (Wildman–Crippen MR) is 35.3 cm³/mol. The van der Waals surface area contributed by atoms with Crippen LogP contribution in [0.15, 0.2) is 0 Å². The van der Waals surface area contributed by atoms with E-state index in [-0.39, 0.29) is 0 Å². The van der Waals surface area contributed by atoms with Crippen LogP contribution in [0.5, 0.6) is 0 Å². The van der Waals surface area contributed by atoms with Crippen LogP contribution in [0.2, 0.25) is 0 Å². The van der Waals surface area contributed by atoms with Crippen molar-refractivity contribution in [1.29, 1.82) is 0 Å². The fourth-order valence-electron chi connectivity index (χ4n) is 0.142. The Labute approximate surface area is 48.3 Å². The highest BCUT2D eigenvalue weighted by Gasteiger charge is 1.79. The number of rotatable bonds is 2. The van der Waals surface area contributed by atoms with Gasteiger partial charge in [-0.25, -0.2) is 0 Å². The molecule has 0 saturated carbocycles. The van der Waals surface area contributed by atoms with Crippen molar-refractivity contribution in [3.05, 3.63) is 6.92 Å². The summed E-state index contributed by atoms with van der Waals surface area (Å²) in [6.45, 7) is 5.11. The summed E-state index contributed by atoms with van der Waals surface area (Å²) in [6.07, 6.45) is 1.97. The van der Waals surface area contributed by atoms with E-state index in [2.05, 4.69) is 12.2 Å². The zero-order valence-corrected chi connectivity index (χ0v) is 5.23. The summed E-state index contributed by atoms with van der Waals surface area (Å²) in [5.41, 5.74) is 0.